The van der Waals surface area contributed by atoms with Crippen molar-refractivity contribution in [2.45, 2.75) is 46.3 Å². The van der Waals surface area contributed by atoms with Gasteiger partial charge in [0.2, 0.25) is 0 Å². The number of carbonyl (C=O) groups is 1. The molecule has 3 aromatic rings. The molecule has 0 spiro atoms. The molecule has 0 N–H and O–H groups in total. The minimum absolute atomic E-state index is 0.240. The molecule has 0 aliphatic carbocycles. The first-order valence-electron chi connectivity index (χ1n) is 9.27. The Labute approximate surface area is 183 Å². The summed E-state index contributed by atoms with van der Waals surface area (Å²) in [5, 5.41) is 4.88. The normalized spacial score (nSPS) is 12.9. The van der Waals surface area contributed by atoms with E-state index in [1.165, 1.54) is 4.52 Å². The van der Waals surface area contributed by atoms with Crippen molar-refractivity contribution >= 4 is 39.1 Å². The van der Waals surface area contributed by atoms with Crippen molar-refractivity contribution in [1.29, 1.82) is 0 Å². The molecule has 29 heavy (non-hydrogen) atoms. The lowest BCUT2D eigenvalue weighted by molar-refractivity contribution is -0.167. The quantitative estimate of drug-likeness (QED) is 0.354. The average Bonchev–Trinajstić information content (AvgIpc) is 3.04. The molecule has 1 unspecified atom stereocenters. The van der Waals surface area contributed by atoms with Gasteiger partial charge in [-0.3, -0.25) is 0 Å². The first-order valence-corrected chi connectivity index (χ1v) is 10.4. The molecule has 0 amide bonds. The van der Waals surface area contributed by atoms with Crippen LogP contribution in [0.4, 0.5) is 0 Å². The standard InChI is InChI=1S/C21H23BrClN3O3/c1-6-28-20(27)18(29-21(3,4)5)17-12(2)24-16-11-15(25-26(16)19(17)23)13-8-7-9-14(22)10-13/h7-11,18H,6H2,1-5H3. The van der Waals surface area contributed by atoms with Crippen LogP contribution in [-0.4, -0.2) is 32.8 Å². The smallest absolute Gasteiger partial charge is 0.340 e. The van der Waals surface area contributed by atoms with E-state index in [0.29, 0.717) is 16.9 Å². The highest BCUT2D eigenvalue weighted by Crippen LogP contribution is 2.34. The van der Waals surface area contributed by atoms with Gasteiger partial charge in [0.15, 0.2) is 11.8 Å². The lowest BCUT2D eigenvalue weighted by Crippen LogP contribution is -2.30. The Morgan fingerprint density at radius 1 is 1.31 bits per heavy atom. The Bertz CT molecular complexity index is 1060. The van der Waals surface area contributed by atoms with E-state index in [1.807, 2.05) is 51.1 Å². The summed E-state index contributed by atoms with van der Waals surface area (Å²) in [5.41, 5.74) is 2.69. The fourth-order valence-electron chi connectivity index (χ4n) is 2.97. The molecule has 1 aromatic carbocycles. The van der Waals surface area contributed by atoms with E-state index >= 15 is 0 Å². The van der Waals surface area contributed by atoms with Gasteiger partial charge in [-0.25, -0.2) is 14.3 Å². The maximum Gasteiger partial charge on any atom is 0.340 e. The molecule has 0 aliphatic rings. The number of esters is 1. The van der Waals surface area contributed by atoms with Crippen molar-refractivity contribution in [2.75, 3.05) is 6.61 Å². The molecular formula is C21H23BrClN3O3. The molecule has 154 valence electrons. The summed E-state index contributed by atoms with van der Waals surface area (Å²) < 4.78 is 13.7. The molecule has 8 heteroatoms. The van der Waals surface area contributed by atoms with Crippen molar-refractivity contribution in [1.82, 2.24) is 14.6 Å². The molecule has 1 atom stereocenters. The van der Waals surface area contributed by atoms with Gasteiger partial charge in [0, 0.05) is 21.8 Å². The molecule has 0 fully saturated rings. The molecular weight excluding hydrogens is 458 g/mol. The third kappa shape index (κ3) is 4.79. The lowest BCUT2D eigenvalue weighted by Gasteiger charge is -2.27. The number of halogens is 2. The van der Waals surface area contributed by atoms with Crippen LogP contribution in [0.3, 0.4) is 0 Å². The Hall–Kier alpha value is -1.96. The van der Waals surface area contributed by atoms with Gasteiger partial charge in [-0.15, -0.1) is 0 Å². The summed E-state index contributed by atoms with van der Waals surface area (Å²) in [5.74, 6) is -0.507. The van der Waals surface area contributed by atoms with Crippen molar-refractivity contribution in [3.8, 4) is 11.3 Å². The molecule has 0 radical (unpaired) electrons. The van der Waals surface area contributed by atoms with E-state index < -0.39 is 17.7 Å². The Morgan fingerprint density at radius 3 is 2.66 bits per heavy atom. The first kappa shape index (κ1) is 21.7. The zero-order valence-corrected chi connectivity index (χ0v) is 19.3. The predicted molar refractivity (Wildman–Crippen MR) is 116 cm³/mol. The first-order chi connectivity index (χ1) is 13.6. The molecule has 0 bridgehead atoms. The zero-order chi connectivity index (χ0) is 21.3. The molecule has 0 aliphatic heterocycles. The zero-order valence-electron chi connectivity index (χ0n) is 17.0. The number of aromatic nitrogens is 3. The maximum absolute atomic E-state index is 12.7. The molecule has 2 aromatic heterocycles. The number of hydrogen-bond donors (Lipinski definition) is 0. The highest BCUT2D eigenvalue weighted by Gasteiger charge is 2.33. The van der Waals surface area contributed by atoms with E-state index in [4.69, 9.17) is 21.1 Å². The van der Waals surface area contributed by atoms with Crippen LogP contribution in [0.1, 0.15) is 45.1 Å². The summed E-state index contributed by atoms with van der Waals surface area (Å²) in [7, 11) is 0. The van der Waals surface area contributed by atoms with Crippen LogP contribution in [0.5, 0.6) is 0 Å². The Balaban J connectivity index is 2.15. The number of benzene rings is 1. The van der Waals surface area contributed by atoms with Gasteiger partial charge in [-0.2, -0.15) is 5.10 Å². The summed E-state index contributed by atoms with van der Waals surface area (Å²) in [4.78, 5) is 17.3. The lowest BCUT2D eigenvalue weighted by atomic mass is 10.1. The van der Waals surface area contributed by atoms with Crippen molar-refractivity contribution in [2.24, 2.45) is 0 Å². The number of nitrogens with zero attached hydrogens (tertiary/aromatic N) is 3. The summed E-state index contributed by atoms with van der Waals surface area (Å²) in [6.07, 6.45) is -1.00. The van der Waals surface area contributed by atoms with Crippen molar-refractivity contribution in [3.05, 3.63) is 51.2 Å². The number of fused-ring (bicyclic) bond motifs is 1. The molecule has 0 saturated carbocycles. The Morgan fingerprint density at radius 2 is 2.03 bits per heavy atom. The second kappa shape index (κ2) is 8.42. The number of ether oxygens (including phenoxy) is 2. The number of aryl methyl sites for hydroxylation is 1. The summed E-state index contributed by atoms with van der Waals surface area (Å²) >= 11 is 10.2. The number of hydrogen-bond acceptors (Lipinski definition) is 5. The van der Waals surface area contributed by atoms with Crippen LogP contribution >= 0.6 is 27.5 Å². The monoisotopic (exact) mass is 479 g/mol. The van der Waals surface area contributed by atoms with Crippen LogP contribution in [0.2, 0.25) is 5.15 Å². The van der Waals surface area contributed by atoms with E-state index in [9.17, 15) is 4.79 Å². The van der Waals surface area contributed by atoms with Crippen LogP contribution in [0.25, 0.3) is 16.9 Å². The van der Waals surface area contributed by atoms with E-state index in [2.05, 4.69) is 26.0 Å². The van der Waals surface area contributed by atoms with E-state index in [0.717, 1.165) is 15.7 Å². The largest absolute Gasteiger partial charge is 0.464 e. The maximum atomic E-state index is 12.7. The van der Waals surface area contributed by atoms with Crippen LogP contribution < -0.4 is 0 Å². The minimum atomic E-state index is -1.00. The number of carbonyl (C=O) groups excluding carboxylic acids is 1. The highest BCUT2D eigenvalue weighted by molar-refractivity contribution is 9.10. The summed E-state index contributed by atoms with van der Waals surface area (Å²) in [6.45, 7) is 9.39. The minimum Gasteiger partial charge on any atom is -0.464 e. The fraction of sp³-hybridized carbons (Fsp3) is 0.381. The van der Waals surface area contributed by atoms with E-state index in [1.54, 1.807) is 13.8 Å². The SMILES string of the molecule is CCOC(=O)C(OC(C)(C)C)c1c(C)nc2cc(-c3cccc(Br)c3)nn2c1Cl. The van der Waals surface area contributed by atoms with Crippen LogP contribution in [0, 0.1) is 6.92 Å². The van der Waals surface area contributed by atoms with Gasteiger partial charge >= 0.3 is 5.97 Å². The average molecular weight is 481 g/mol. The molecule has 2 heterocycles. The van der Waals surface area contributed by atoms with Gasteiger partial charge in [-0.05, 0) is 46.8 Å². The number of rotatable bonds is 5. The highest BCUT2D eigenvalue weighted by atomic mass is 79.9. The van der Waals surface area contributed by atoms with Crippen LogP contribution in [-0.2, 0) is 14.3 Å². The van der Waals surface area contributed by atoms with Gasteiger partial charge in [-0.1, -0.05) is 39.7 Å². The van der Waals surface area contributed by atoms with Crippen molar-refractivity contribution in [3.63, 3.8) is 0 Å². The van der Waals surface area contributed by atoms with Gasteiger partial charge in [0.05, 0.1) is 23.5 Å². The third-order valence-electron chi connectivity index (χ3n) is 4.13. The molecule has 3 rings (SSSR count). The van der Waals surface area contributed by atoms with Gasteiger partial charge < -0.3 is 9.47 Å². The van der Waals surface area contributed by atoms with Crippen molar-refractivity contribution < 1.29 is 14.3 Å². The third-order valence-corrected chi connectivity index (χ3v) is 4.98. The topological polar surface area (TPSA) is 65.7 Å². The second-order valence-corrected chi connectivity index (χ2v) is 8.85. The van der Waals surface area contributed by atoms with Crippen LogP contribution in [0.15, 0.2) is 34.8 Å². The van der Waals surface area contributed by atoms with Gasteiger partial charge in [0.1, 0.15) is 5.15 Å². The Kier molecular flexibility index (Phi) is 6.31. The predicted octanol–water partition coefficient (Wildman–Crippen LogP) is 5.54. The molecule has 0 saturated heterocycles. The second-order valence-electron chi connectivity index (χ2n) is 7.57. The summed E-state index contributed by atoms with van der Waals surface area (Å²) in [6, 6.07) is 9.66. The molecule has 6 nitrogen and oxygen atoms in total. The van der Waals surface area contributed by atoms with Gasteiger partial charge in [0.25, 0.3) is 0 Å². The van der Waals surface area contributed by atoms with E-state index in [-0.39, 0.29) is 11.8 Å². The fourth-order valence-corrected chi connectivity index (χ4v) is 3.73.